The van der Waals surface area contributed by atoms with Crippen molar-refractivity contribution in [3.8, 4) is 0 Å². The van der Waals surface area contributed by atoms with E-state index in [1.807, 2.05) is 13.8 Å². The predicted molar refractivity (Wildman–Crippen MR) is 75.1 cm³/mol. The van der Waals surface area contributed by atoms with Crippen molar-refractivity contribution in [2.75, 3.05) is 0 Å². The molecule has 0 amide bonds. The standard InChI is InChI=1S/C14H22.C2H6/c1-5-6-7-12-8-10-13(11-9-12)14(2,3)4;1-2/h8-11H,5-7H2,1-4H3;1-2H3. The average molecular weight is 220 g/mol. The number of hydrogen-bond acceptors (Lipinski definition) is 0. The molecule has 16 heavy (non-hydrogen) atoms. The molecule has 0 saturated carbocycles. The first-order valence-electron chi connectivity index (χ1n) is 6.63. The molecule has 0 aliphatic carbocycles. The molecule has 0 aliphatic heterocycles. The predicted octanol–water partition coefficient (Wildman–Crippen LogP) is 5.35. The molecule has 92 valence electrons. The van der Waals surface area contributed by atoms with E-state index in [-0.39, 0.29) is 5.41 Å². The Morgan fingerprint density at radius 2 is 1.44 bits per heavy atom. The van der Waals surface area contributed by atoms with Gasteiger partial charge in [-0.3, -0.25) is 0 Å². The van der Waals surface area contributed by atoms with Crippen molar-refractivity contribution in [3.05, 3.63) is 35.4 Å². The van der Waals surface area contributed by atoms with Gasteiger partial charge >= 0.3 is 0 Å². The van der Waals surface area contributed by atoms with Gasteiger partial charge < -0.3 is 0 Å². The molecule has 0 fully saturated rings. The summed E-state index contributed by atoms with van der Waals surface area (Å²) in [6, 6.07) is 9.09. The van der Waals surface area contributed by atoms with Crippen LogP contribution in [0.5, 0.6) is 0 Å². The van der Waals surface area contributed by atoms with Gasteiger partial charge in [0, 0.05) is 0 Å². The van der Waals surface area contributed by atoms with E-state index >= 15 is 0 Å². The number of hydrogen-bond donors (Lipinski definition) is 0. The number of rotatable bonds is 3. The van der Waals surface area contributed by atoms with Crippen molar-refractivity contribution >= 4 is 0 Å². The minimum absolute atomic E-state index is 0.281. The van der Waals surface area contributed by atoms with Gasteiger partial charge in [0.15, 0.2) is 0 Å². The summed E-state index contributed by atoms with van der Waals surface area (Å²) >= 11 is 0. The first-order valence-corrected chi connectivity index (χ1v) is 6.63. The van der Waals surface area contributed by atoms with E-state index in [1.165, 1.54) is 30.4 Å². The molecule has 0 spiro atoms. The zero-order chi connectivity index (χ0) is 12.6. The Bertz CT molecular complexity index is 261. The maximum atomic E-state index is 2.27. The Hall–Kier alpha value is -0.780. The zero-order valence-electron chi connectivity index (χ0n) is 11.9. The zero-order valence-corrected chi connectivity index (χ0v) is 11.9. The molecular weight excluding hydrogens is 192 g/mol. The molecule has 0 aromatic heterocycles. The Morgan fingerprint density at radius 1 is 0.938 bits per heavy atom. The first-order chi connectivity index (χ1) is 7.54. The summed E-state index contributed by atoms with van der Waals surface area (Å²) in [6.07, 6.45) is 3.80. The van der Waals surface area contributed by atoms with Gasteiger partial charge in [0.1, 0.15) is 0 Å². The van der Waals surface area contributed by atoms with Gasteiger partial charge in [-0.15, -0.1) is 0 Å². The molecule has 0 saturated heterocycles. The Labute approximate surface area is 102 Å². The highest BCUT2D eigenvalue weighted by atomic mass is 14.2. The molecule has 0 unspecified atom stereocenters. The SMILES string of the molecule is CC.CCCCc1ccc(C(C)(C)C)cc1. The summed E-state index contributed by atoms with van der Waals surface area (Å²) in [4.78, 5) is 0. The van der Waals surface area contributed by atoms with Crippen molar-refractivity contribution in [1.29, 1.82) is 0 Å². The molecule has 0 bridgehead atoms. The third-order valence-corrected chi connectivity index (χ3v) is 2.64. The fourth-order valence-corrected chi connectivity index (χ4v) is 1.55. The quantitative estimate of drug-likeness (QED) is 0.644. The molecule has 0 heteroatoms. The van der Waals surface area contributed by atoms with Gasteiger partial charge in [-0.1, -0.05) is 72.2 Å². The van der Waals surface area contributed by atoms with Crippen molar-refractivity contribution in [1.82, 2.24) is 0 Å². The molecule has 0 radical (unpaired) electrons. The van der Waals surface area contributed by atoms with Crippen LogP contribution in [-0.2, 0) is 11.8 Å². The van der Waals surface area contributed by atoms with Crippen molar-refractivity contribution in [3.63, 3.8) is 0 Å². The summed E-state index contributed by atoms with van der Waals surface area (Å²) < 4.78 is 0. The van der Waals surface area contributed by atoms with Crippen molar-refractivity contribution < 1.29 is 0 Å². The maximum absolute atomic E-state index is 2.27. The van der Waals surface area contributed by atoms with Crippen LogP contribution in [0.3, 0.4) is 0 Å². The molecule has 0 atom stereocenters. The molecule has 1 aromatic carbocycles. The highest BCUT2D eigenvalue weighted by Crippen LogP contribution is 2.22. The molecule has 0 N–H and O–H groups in total. The third kappa shape index (κ3) is 5.34. The van der Waals surface area contributed by atoms with E-state index < -0.39 is 0 Å². The molecule has 0 aliphatic rings. The van der Waals surface area contributed by atoms with E-state index in [1.54, 1.807) is 0 Å². The van der Waals surface area contributed by atoms with Gasteiger partial charge in [0.25, 0.3) is 0 Å². The van der Waals surface area contributed by atoms with Gasteiger partial charge in [-0.2, -0.15) is 0 Å². The van der Waals surface area contributed by atoms with Crippen LogP contribution in [0.2, 0.25) is 0 Å². The van der Waals surface area contributed by atoms with Crippen LogP contribution >= 0.6 is 0 Å². The van der Waals surface area contributed by atoms with Crippen LogP contribution in [0.15, 0.2) is 24.3 Å². The van der Waals surface area contributed by atoms with Gasteiger partial charge in [0.05, 0.1) is 0 Å². The lowest BCUT2D eigenvalue weighted by molar-refractivity contribution is 0.590. The second kappa shape index (κ2) is 7.49. The number of benzene rings is 1. The Kier molecular flexibility index (Phi) is 7.12. The lowest BCUT2D eigenvalue weighted by Crippen LogP contribution is -2.10. The summed E-state index contributed by atoms with van der Waals surface area (Å²) in [5.74, 6) is 0. The lowest BCUT2D eigenvalue weighted by atomic mass is 9.86. The largest absolute Gasteiger partial charge is 0.0683 e. The minimum atomic E-state index is 0.281. The molecular formula is C16H28. The molecule has 0 heterocycles. The fourth-order valence-electron chi connectivity index (χ4n) is 1.55. The number of unbranched alkanes of at least 4 members (excludes halogenated alkanes) is 1. The third-order valence-electron chi connectivity index (χ3n) is 2.64. The van der Waals surface area contributed by atoms with Gasteiger partial charge in [0.2, 0.25) is 0 Å². The smallest absolute Gasteiger partial charge is 0.0132 e. The fraction of sp³-hybridized carbons (Fsp3) is 0.625. The summed E-state index contributed by atoms with van der Waals surface area (Å²) in [5, 5.41) is 0. The highest BCUT2D eigenvalue weighted by molar-refractivity contribution is 5.27. The van der Waals surface area contributed by atoms with Gasteiger partial charge in [-0.25, -0.2) is 0 Å². The number of aryl methyl sites for hydroxylation is 1. The highest BCUT2D eigenvalue weighted by Gasteiger charge is 2.12. The van der Waals surface area contributed by atoms with Gasteiger partial charge in [-0.05, 0) is 29.4 Å². The average Bonchev–Trinajstić information content (AvgIpc) is 2.28. The summed E-state index contributed by atoms with van der Waals surface area (Å²) in [5.41, 5.74) is 3.18. The van der Waals surface area contributed by atoms with Crippen LogP contribution in [0.25, 0.3) is 0 Å². The second-order valence-electron chi connectivity index (χ2n) is 5.05. The minimum Gasteiger partial charge on any atom is -0.0683 e. The molecule has 0 nitrogen and oxygen atoms in total. The van der Waals surface area contributed by atoms with Crippen LogP contribution in [0.4, 0.5) is 0 Å². The Morgan fingerprint density at radius 3 is 1.81 bits per heavy atom. The van der Waals surface area contributed by atoms with Crippen LogP contribution in [0.1, 0.15) is 65.5 Å². The van der Waals surface area contributed by atoms with E-state index in [2.05, 4.69) is 52.0 Å². The first kappa shape index (κ1) is 15.2. The van der Waals surface area contributed by atoms with Crippen LogP contribution < -0.4 is 0 Å². The van der Waals surface area contributed by atoms with Crippen LogP contribution in [-0.4, -0.2) is 0 Å². The van der Waals surface area contributed by atoms with E-state index in [0.29, 0.717) is 0 Å². The van der Waals surface area contributed by atoms with Crippen molar-refractivity contribution in [2.45, 2.75) is 66.2 Å². The summed E-state index contributed by atoms with van der Waals surface area (Å²) in [7, 11) is 0. The normalized spacial score (nSPS) is 10.6. The topological polar surface area (TPSA) is 0 Å². The summed E-state index contributed by atoms with van der Waals surface area (Å²) in [6.45, 7) is 13.0. The van der Waals surface area contributed by atoms with E-state index in [9.17, 15) is 0 Å². The monoisotopic (exact) mass is 220 g/mol. The Balaban J connectivity index is 0.00000106. The lowest BCUT2D eigenvalue weighted by Gasteiger charge is -2.19. The van der Waals surface area contributed by atoms with Crippen LogP contribution in [0, 0.1) is 0 Å². The molecule has 1 rings (SSSR count). The van der Waals surface area contributed by atoms with E-state index in [4.69, 9.17) is 0 Å². The van der Waals surface area contributed by atoms with Crippen molar-refractivity contribution in [2.24, 2.45) is 0 Å². The molecule has 1 aromatic rings. The maximum Gasteiger partial charge on any atom is -0.0132 e. The van der Waals surface area contributed by atoms with E-state index in [0.717, 1.165) is 0 Å². The second-order valence-corrected chi connectivity index (χ2v) is 5.05.